The van der Waals surface area contributed by atoms with Crippen LogP contribution in [0.5, 0.6) is 0 Å². The minimum absolute atomic E-state index is 0.309. The molecule has 0 radical (unpaired) electrons. The zero-order valence-corrected chi connectivity index (χ0v) is 9.90. The molecule has 2 aromatic rings. The highest BCUT2D eigenvalue weighted by Gasteiger charge is 2.13. The van der Waals surface area contributed by atoms with Crippen molar-refractivity contribution in [1.82, 2.24) is 19.7 Å². The van der Waals surface area contributed by atoms with Crippen LogP contribution in [0.1, 0.15) is 17.3 Å². The number of aromatic amines is 1. The van der Waals surface area contributed by atoms with Crippen molar-refractivity contribution >= 4 is 18.2 Å². The molecule has 0 saturated carbocycles. The molecule has 0 aliphatic rings. The van der Waals surface area contributed by atoms with E-state index in [2.05, 4.69) is 15.1 Å². The lowest BCUT2D eigenvalue weighted by molar-refractivity contribution is 0.0525. The second kappa shape index (κ2) is 4.88. The fourth-order valence-corrected chi connectivity index (χ4v) is 1.59. The molecule has 2 aromatic heterocycles. The number of nitrogens with one attached hydrogen (secondary N) is 1. The molecule has 0 spiro atoms. The zero-order chi connectivity index (χ0) is 12.3. The van der Waals surface area contributed by atoms with Crippen LogP contribution in [0.25, 0.3) is 5.82 Å². The molecule has 0 atom stereocenters. The molecule has 7 heteroatoms. The Hall–Kier alpha value is -2.02. The van der Waals surface area contributed by atoms with Gasteiger partial charge in [0.2, 0.25) is 0 Å². The molecule has 0 fully saturated rings. The topological polar surface area (TPSA) is 72.8 Å². The van der Waals surface area contributed by atoms with Crippen molar-refractivity contribution in [2.75, 3.05) is 6.61 Å². The largest absolute Gasteiger partial charge is 0.462 e. The van der Waals surface area contributed by atoms with E-state index < -0.39 is 5.97 Å². The Labute approximate surface area is 102 Å². The van der Waals surface area contributed by atoms with Gasteiger partial charge in [0, 0.05) is 18.6 Å². The molecule has 2 rings (SSSR count). The third kappa shape index (κ3) is 2.23. The summed E-state index contributed by atoms with van der Waals surface area (Å²) in [4.78, 5) is 19.6. The van der Waals surface area contributed by atoms with Crippen molar-refractivity contribution in [1.29, 1.82) is 0 Å². The van der Waals surface area contributed by atoms with Crippen LogP contribution in [0.2, 0.25) is 0 Å². The summed E-state index contributed by atoms with van der Waals surface area (Å²) in [6.45, 7) is 2.05. The summed E-state index contributed by atoms with van der Waals surface area (Å²) < 4.78 is 6.70. The fraction of sp³-hybridized carbons (Fsp3) is 0.200. The highest BCUT2D eigenvalue weighted by Crippen LogP contribution is 2.08. The van der Waals surface area contributed by atoms with Crippen LogP contribution in [-0.4, -0.2) is 32.3 Å². The number of hydrogen-bond acceptors (Lipinski definition) is 5. The molecule has 0 amide bonds. The summed E-state index contributed by atoms with van der Waals surface area (Å²) in [6, 6.07) is 0. The zero-order valence-electron chi connectivity index (χ0n) is 9.08. The van der Waals surface area contributed by atoms with Gasteiger partial charge in [0.25, 0.3) is 0 Å². The SMILES string of the molecule is CCOC(=O)c1c[nH]n(-c2cnccn2)c1=S. The molecule has 88 valence electrons. The van der Waals surface area contributed by atoms with Crippen molar-refractivity contribution < 1.29 is 9.53 Å². The maximum absolute atomic E-state index is 11.6. The number of carbonyl (C=O) groups excluding carboxylic acids is 1. The monoisotopic (exact) mass is 250 g/mol. The number of esters is 1. The Balaban J connectivity index is 2.40. The van der Waals surface area contributed by atoms with Gasteiger partial charge in [-0.25, -0.2) is 14.5 Å². The Bertz CT molecular complexity index is 575. The third-order valence-electron chi connectivity index (χ3n) is 2.05. The molecule has 2 heterocycles. The molecular formula is C10H10N4O2S. The average Bonchev–Trinajstić information content (AvgIpc) is 2.72. The van der Waals surface area contributed by atoms with Gasteiger partial charge in [-0.3, -0.25) is 10.1 Å². The molecule has 0 bridgehead atoms. The van der Waals surface area contributed by atoms with Gasteiger partial charge in [0.1, 0.15) is 10.2 Å². The van der Waals surface area contributed by atoms with Crippen LogP contribution in [-0.2, 0) is 4.74 Å². The van der Waals surface area contributed by atoms with Crippen LogP contribution in [0.3, 0.4) is 0 Å². The van der Waals surface area contributed by atoms with Gasteiger partial charge in [-0.15, -0.1) is 0 Å². The first-order valence-electron chi connectivity index (χ1n) is 4.98. The standard InChI is InChI=1S/C10H10N4O2S/c1-2-16-10(15)7-5-13-14(9(7)17)8-6-11-3-4-12-8/h3-6,13H,2H2,1H3. The summed E-state index contributed by atoms with van der Waals surface area (Å²) in [5.41, 5.74) is 0.313. The van der Waals surface area contributed by atoms with Gasteiger partial charge in [-0.1, -0.05) is 12.2 Å². The van der Waals surface area contributed by atoms with Gasteiger partial charge in [-0.05, 0) is 6.92 Å². The first-order valence-corrected chi connectivity index (χ1v) is 5.38. The molecular weight excluding hydrogens is 240 g/mol. The summed E-state index contributed by atoms with van der Waals surface area (Å²) in [6.07, 6.45) is 6.14. The van der Waals surface area contributed by atoms with E-state index in [-0.39, 0.29) is 0 Å². The van der Waals surface area contributed by atoms with E-state index >= 15 is 0 Å². The lowest BCUT2D eigenvalue weighted by Gasteiger charge is -1.99. The molecule has 1 N–H and O–H groups in total. The van der Waals surface area contributed by atoms with Crippen molar-refractivity contribution in [3.05, 3.63) is 35.0 Å². The predicted octanol–water partition coefficient (Wildman–Crippen LogP) is 1.50. The second-order valence-electron chi connectivity index (χ2n) is 3.11. The minimum Gasteiger partial charge on any atom is -0.462 e. The molecule has 0 unspecified atom stereocenters. The van der Waals surface area contributed by atoms with E-state index in [1.807, 2.05) is 0 Å². The van der Waals surface area contributed by atoms with Crippen LogP contribution in [0.4, 0.5) is 0 Å². The third-order valence-corrected chi connectivity index (χ3v) is 2.45. The number of carbonyl (C=O) groups is 1. The van der Waals surface area contributed by atoms with E-state index in [1.165, 1.54) is 10.9 Å². The first-order chi connectivity index (χ1) is 8.24. The van der Waals surface area contributed by atoms with E-state index in [0.717, 1.165) is 0 Å². The minimum atomic E-state index is -0.448. The Kier molecular flexibility index (Phi) is 3.29. The lowest BCUT2D eigenvalue weighted by Crippen LogP contribution is -2.05. The molecule has 17 heavy (non-hydrogen) atoms. The van der Waals surface area contributed by atoms with Crippen molar-refractivity contribution in [3.63, 3.8) is 0 Å². The summed E-state index contributed by atoms with van der Waals surface area (Å²) in [5, 5.41) is 2.84. The molecule has 0 aromatic carbocycles. The van der Waals surface area contributed by atoms with Gasteiger partial charge >= 0.3 is 5.97 Å². The van der Waals surface area contributed by atoms with Gasteiger partial charge in [-0.2, -0.15) is 0 Å². The quantitative estimate of drug-likeness (QED) is 0.660. The van der Waals surface area contributed by atoms with Crippen LogP contribution in [0, 0.1) is 4.64 Å². The van der Waals surface area contributed by atoms with Crippen molar-refractivity contribution in [2.24, 2.45) is 0 Å². The van der Waals surface area contributed by atoms with E-state index in [0.29, 0.717) is 22.6 Å². The summed E-state index contributed by atoms with van der Waals surface area (Å²) in [5.74, 6) is 0.0736. The molecule has 0 aliphatic heterocycles. The van der Waals surface area contributed by atoms with Crippen LogP contribution >= 0.6 is 12.2 Å². The number of rotatable bonds is 3. The Morgan fingerprint density at radius 3 is 3.06 bits per heavy atom. The molecule has 0 aliphatic carbocycles. The smallest absolute Gasteiger partial charge is 0.342 e. The Morgan fingerprint density at radius 1 is 1.59 bits per heavy atom. The molecule has 0 saturated heterocycles. The average molecular weight is 250 g/mol. The summed E-state index contributed by atoms with van der Waals surface area (Å²) in [7, 11) is 0. The number of ether oxygens (including phenoxy) is 1. The highest BCUT2D eigenvalue weighted by molar-refractivity contribution is 7.71. The van der Waals surface area contributed by atoms with Crippen LogP contribution < -0.4 is 0 Å². The van der Waals surface area contributed by atoms with E-state index in [9.17, 15) is 4.79 Å². The lowest BCUT2D eigenvalue weighted by atomic mass is 10.4. The highest BCUT2D eigenvalue weighted by atomic mass is 32.1. The van der Waals surface area contributed by atoms with Gasteiger partial charge < -0.3 is 4.74 Å². The first kappa shape index (κ1) is 11.5. The normalized spacial score (nSPS) is 10.2. The number of H-pyrrole nitrogens is 1. The number of aromatic nitrogens is 4. The number of nitrogens with zero attached hydrogens (tertiary/aromatic N) is 3. The summed E-state index contributed by atoms with van der Waals surface area (Å²) >= 11 is 5.16. The molecule has 6 nitrogen and oxygen atoms in total. The fourth-order valence-electron chi connectivity index (χ4n) is 1.30. The van der Waals surface area contributed by atoms with E-state index in [1.54, 1.807) is 25.5 Å². The van der Waals surface area contributed by atoms with Gasteiger partial charge in [0.15, 0.2) is 5.82 Å². The Morgan fingerprint density at radius 2 is 2.41 bits per heavy atom. The van der Waals surface area contributed by atoms with Crippen molar-refractivity contribution in [3.8, 4) is 5.82 Å². The number of hydrogen-bond donors (Lipinski definition) is 1. The van der Waals surface area contributed by atoms with Crippen LogP contribution in [0.15, 0.2) is 24.8 Å². The predicted molar refractivity (Wildman–Crippen MR) is 62.5 cm³/mol. The maximum atomic E-state index is 11.6. The van der Waals surface area contributed by atoms with Gasteiger partial charge in [0.05, 0.1) is 12.8 Å². The second-order valence-corrected chi connectivity index (χ2v) is 3.50. The van der Waals surface area contributed by atoms with E-state index in [4.69, 9.17) is 17.0 Å². The van der Waals surface area contributed by atoms with Crippen molar-refractivity contribution in [2.45, 2.75) is 6.92 Å². The maximum Gasteiger partial charge on any atom is 0.342 e.